The van der Waals surface area contributed by atoms with E-state index >= 15 is 0 Å². The van der Waals surface area contributed by atoms with Gasteiger partial charge in [-0.25, -0.2) is 0 Å². The van der Waals surface area contributed by atoms with Gasteiger partial charge in [-0.05, 0) is 51.1 Å². The SMILES string of the molecule is CN(C)C(Cc1cc(Cl)c(O)c(Cl)c1)C1(N)CC1.Cl. The van der Waals surface area contributed by atoms with Gasteiger partial charge >= 0.3 is 0 Å². The van der Waals surface area contributed by atoms with E-state index in [1.54, 1.807) is 12.1 Å². The maximum atomic E-state index is 9.55. The Morgan fingerprint density at radius 1 is 1.32 bits per heavy atom. The molecule has 1 aromatic carbocycles. The lowest BCUT2D eigenvalue weighted by atomic mass is 9.97. The molecular formula is C13H19Cl3N2O. The van der Waals surface area contributed by atoms with E-state index in [-0.39, 0.29) is 39.8 Å². The van der Waals surface area contributed by atoms with Crippen molar-refractivity contribution in [3.05, 3.63) is 27.7 Å². The standard InChI is InChI=1S/C13H18Cl2N2O.ClH/c1-17(2)11(13(16)3-4-13)7-8-5-9(14)12(18)10(15)6-8;/h5-6,11,18H,3-4,7,16H2,1-2H3;1H. The predicted octanol–water partition coefficient (Wildman–Crippen LogP) is 3.08. The molecule has 2 rings (SSSR count). The van der Waals surface area contributed by atoms with Crippen molar-refractivity contribution in [1.29, 1.82) is 0 Å². The highest BCUT2D eigenvalue weighted by atomic mass is 35.5. The van der Waals surface area contributed by atoms with Crippen LogP contribution in [0.1, 0.15) is 18.4 Å². The van der Waals surface area contributed by atoms with Gasteiger partial charge in [0, 0.05) is 11.6 Å². The summed E-state index contributed by atoms with van der Waals surface area (Å²) in [4.78, 5) is 2.14. The number of phenols is 1. The predicted molar refractivity (Wildman–Crippen MR) is 82.7 cm³/mol. The molecule has 0 amide bonds. The molecule has 1 fully saturated rings. The van der Waals surface area contributed by atoms with Gasteiger partial charge in [0.2, 0.25) is 0 Å². The largest absolute Gasteiger partial charge is 0.505 e. The molecule has 3 N–H and O–H groups in total. The number of benzene rings is 1. The van der Waals surface area contributed by atoms with E-state index in [1.807, 2.05) is 14.1 Å². The first-order valence-corrected chi connectivity index (χ1v) is 6.71. The van der Waals surface area contributed by atoms with Gasteiger partial charge in [-0.15, -0.1) is 12.4 Å². The van der Waals surface area contributed by atoms with Crippen LogP contribution in [0.3, 0.4) is 0 Å². The molecule has 0 radical (unpaired) electrons. The average molecular weight is 326 g/mol. The van der Waals surface area contributed by atoms with Crippen molar-refractivity contribution in [3.8, 4) is 5.75 Å². The van der Waals surface area contributed by atoms with Crippen molar-refractivity contribution in [2.45, 2.75) is 30.8 Å². The van der Waals surface area contributed by atoms with Gasteiger partial charge in [-0.3, -0.25) is 0 Å². The molecule has 0 saturated heterocycles. The summed E-state index contributed by atoms with van der Waals surface area (Å²) in [6, 6.07) is 3.77. The Kier molecular flexibility index (Phi) is 5.38. The molecular weight excluding hydrogens is 307 g/mol. The minimum absolute atomic E-state index is 0. The molecule has 0 aromatic heterocycles. The normalized spacial score (nSPS) is 18.0. The summed E-state index contributed by atoms with van der Waals surface area (Å²) in [5.41, 5.74) is 7.19. The third-order valence-electron chi connectivity index (χ3n) is 3.62. The number of nitrogens with two attached hydrogens (primary N) is 1. The van der Waals surface area contributed by atoms with Crippen LogP contribution in [0.2, 0.25) is 10.0 Å². The van der Waals surface area contributed by atoms with Gasteiger partial charge in [0.25, 0.3) is 0 Å². The molecule has 1 unspecified atom stereocenters. The van der Waals surface area contributed by atoms with Crippen molar-refractivity contribution in [2.24, 2.45) is 5.73 Å². The molecule has 1 saturated carbocycles. The van der Waals surface area contributed by atoms with Crippen LogP contribution in [-0.4, -0.2) is 35.7 Å². The Bertz CT molecular complexity index is 438. The molecule has 1 aliphatic carbocycles. The number of likely N-dealkylation sites (N-methyl/N-ethyl adjacent to an activating group) is 1. The van der Waals surface area contributed by atoms with Crippen LogP contribution in [0.4, 0.5) is 0 Å². The Balaban J connectivity index is 0.00000180. The topological polar surface area (TPSA) is 49.5 Å². The van der Waals surface area contributed by atoms with Crippen LogP contribution in [0.15, 0.2) is 12.1 Å². The summed E-state index contributed by atoms with van der Waals surface area (Å²) in [6.45, 7) is 0. The summed E-state index contributed by atoms with van der Waals surface area (Å²) in [7, 11) is 4.06. The summed E-state index contributed by atoms with van der Waals surface area (Å²) < 4.78 is 0. The minimum Gasteiger partial charge on any atom is -0.505 e. The number of phenolic OH excluding ortho intramolecular Hbond substituents is 1. The third-order valence-corrected chi connectivity index (χ3v) is 4.20. The lowest BCUT2D eigenvalue weighted by Crippen LogP contribution is -2.47. The van der Waals surface area contributed by atoms with Crippen LogP contribution in [0.5, 0.6) is 5.75 Å². The zero-order valence-corrected chi connectivity index (χ0v) is 13.3. The number of hydrogen-bond acceptors (Lipinski definition) is 3. The Labute approximate surface area is 130 Å². The highest BCUT2D eigenvalue weighted by Crippen LogP contribution is 2.40. The lowest BCUT2D eigenvalue weighted by molar-refractivity contribution is 0.240. The fourth-order valence-corrected chi connectivity index (χ4v) is 2.87. The van der Waals surface area contributed by atoms with E-state index in [1.165, 1.54) is 0 Å². The Morgan fingerprint density at radius 2 is 1.79 bits per heavy atom. The minimum atomic E-state index is -0.0969. The molecule has 1 atom stereocenters. The van der Waals surface area contributed by atoms with Crippen molar-refractivity contribution >= 4 is 35.6 Å². The summed E-state index contributed by atoms with van der Waals surface area (Å²) in [6.07, 6.45) is 2.88. The first-order chi connectivity index (χ1) is 8.33. The van der Waals surface area contributed by atoms with Crippen molar-refractivity contribution in [3.63, 3.8) is 0 Å². The van der Waals surface area contributed by atoms with E-state index in [2.05, 4.69) is 4.90 Å². The van der Waals surface area contributed by atoms with Gasteiger partial charge in [0.1, 0.15) is 0 Å². The van der Waals surface area contributed by atoms with Gasteiger partial charge in [0.15, 0.2) is 5.75 Å². The van der Waals surface area contributed by atoms with Crippen LogP contribution in [0.25, 0.3) is 0 Å². The van der Waals surface area contributed by atoms with Crippen LogP contribution in [0, 0.1) is 0 Å². The van der Waals surface area contributed by atoms with Crippen LogP contribution >= 0.6 is 35.6 Å². The van der Waals surface area contributed by atoms with Gasteiger partial charge in [-0.2, -0.15) is 0 Å². The van der Waals surface area contributed by atoms with Crippen LogP contribution in [-0.2, 0) is 6.42 Å². The zero-order chi connectivity index (χ0) is 13.5. The highest BCUT2D eigenvalue weighted by molar-refractivity contribution is 6.37. The number of aromatic hydroxyl groups is 1. The Hall–Kier alpha value is -0.190. The quantitative estimate of drug-likeness (QED) is 0.894. The summed E-state index contributed by atoms with van der Waals surface area (Å²) >= 11 is 11.9. The molecule has 0 spiro atoms. The average Bonchev–Trinajstić information content (AvgIpc) is 3.01. The maximum Gasteiger partial charge on any atom is 0.152 e. The first kappa shape index (κ1) is 16.9. The molecule has 0 heterocycles. The fraction of sp³-hybridized carbons (Fsp3) is 0.538. The molecule has 6 heteroatoms. The molecule has 1 aliphatic rings. The van der Waals surface area contributed by atoms with Gasteiger partial charge in [-0.1, -0.05) is 23.2 Å². The van der Waals surface area contributed by atoms with E-state index < -0.39 is 0 Å². The van der Waals surface area contributed by atoms with Crippen molar-refractivity contribution in [1.82, 2.24) is 4.90 Å². The fourth-order valence-electron chi connectivity index (χ4n) is 2.34. The monoisotopic (exact) mass is 324 g/mol. The highest BCUT2D eigenvalue weighted by Gasteiger charge is 2.46. The second-order valence-corrected chi connectivity index (χ2v) is 6.14. The zero-order valence-electron chi connectivity index (χ0n) is 11.0. The molecule has 108 valence electrons. The second kappa shape index (κ2) is 6.06. The van der Waals surface area contributed by atoms with E-state index in [0.29, 0.717) is 0 Å². The number of rotatable bonds is 4. The lowest BCUT2D eigenvalue weighted by Gasteiger charge is -2.30. The first-order valence-electron chi connectivity index (χ1n) is 5.96. The van der Waals surface area contributed by atoms with Crippen molar-refractivity contribution in [2.75, 3.05) is 14.1 Å². The number of nitrogens with zero attached hydrogens (tertiary/aromatic N) is 1. The number of halogens is 3. The van der Waals surface area contributed by atoms with Gasteiger partial charge < -0.3 is 15.7 Å². The molecule has 1 aromatic rings. The number of hydrogen-bond donors (Lipinski definition) is 2. The van der Waals surface area contributed by atoms with E-state index in [0.717, 1.165) is 24.8 Å². The smallest absolute Gasteiger partial charge is 0.152 e. The van der Waals surface area contributed by atoms with E-state index in [9.17, 15) is 5.11 Å². The summed E-state index contributed by atoms with van der Waals surface area (Å²) in [5.74, 6) is -0.0580. The summed E-state index contributed by atoms with van der Waals surface area (Å²) in [5, 5.41) is 10.1. The molecule has 3 nitrogen and oxygen atoms in total. The molecule has 19 heavy (non-hydrogen) atoms. The molecule has 0 aliphatic heterocycles. The Morgan fingerprint density at radius 3 is 2.16 bits per heavy atom. The molecule has 0 bridgehead atoms. The second-order valence-electron chi connectivity index (χ2n) is 5.32. The van der Waals surface area contributed by atoms with Crippen molar-refractivity contribution < 1.29 is 5.11 Å². The maximum absolute atomic E-state index is 9.55. The van der Waals surface area contributed by atoms with Gasteiger partial charge in [0.05, 0.1) is 10.0 Å². The van der Waals surface area contributed by atoms with Crippen LogP contribution < -0.4 is 5.73 Å². The van der Waals surface area contributed by atoms with E-state index in [4.69, 9.17) is 28.9 Å². The third kappa shape index (κ3) is 3.67.